The predicted molar refractivity (Wildman–Crippen MR) is 83.7 cm³/mol. The number of aryl methyl sites for hydroxylation is 1. The quantitative estimate of drug-likeness (QED) is 0.916. The number of hydrogen-bond donors (Lipinski definition) is 2. The molecule has 0 bridgehead atoms. The van der Waals surface area contributed by atoms with Crippen molar-refractivity contribution in [3.05, 3.63) is 36.3 Å². The van der Waals surface area contributed by atoms with Gasteiger partial charge in [0.25, 0.3) is 0 Å². The maximum Gasteiger partial charge on any atom is 0.324 e. The Morgan fingerprint density at radius 2 is 2.00 bits per heavy atom. The van der Waals surface area contributed by atoms with Crippen LogP contribution in [0.2, 0.25) is 0 Å². The number of carbonyl (C=O) groups excluding carboxylic acids is 1. The number of anilines is 3. The van der Waals surface area contributed by atoms with Crippen molar-refractivity contribution in [3.8, 4) is 0 Å². The molecular weight excluding hydrogens is 285 g/mol. The van der Waals surface area contributed by atoms with E-state index < -0.39 is 6.03 Å². The standard InChI is InChI=1S/C15H18FN5O/c1-20-7-4-14(19-20)18-15(22)17-12-8-11(16)9-13(10-12)21-5-2-3-6-21/h4,7-10H,2-3,5-6H2,1H3,(H2,17,18,19,22). The van der Waals surface area contributed by atoms with Gasteiger partial charge in [-0.2, -0.15) is 5.10 Å². The molecule has 2 aromatic rings. The number of benzene rings is 1. The summed E-state index contributed by atoms with van der Waals surface area (Å²) in [7, 11) is 1.76. The lowest BCUT2D eigenvalue weighted by Gasteiger charge is -2.18. The van der Waals surface area contributed by atoms with Crippen LogP contribution in [-0.4, -0.2) is 28.9 Å². The Balaban J connectivity index is 1.69. The molecule has 1 aliphatic rings. The van der Waals surface area contributed by atoms with E-state index >= 15 is 0 Å². The van der Waals surface area contributed by atoms with E-state index in [-0.39, 0.29) is 5.82 Å². The summed E-state index contributed by atoms with van der Waals surface area (Å²) in [5.74, 6) is 0.0775. The van der Waals surface area contributed by atoms with Crippen molar-refractivity contribution < 1.29 is 9.18 Å². The number of hydrogen-bond acceptors (Lipinski definition) is 3. The zero-order valence-corrected chi connectivity index (χ0v) is 12.3. The maximum atomic E-state index is 13.7. The van der Waals surface area contributed by atoms with E-state index in [1.54, 1.807) is 30.1 Å². The van der Waals surface area contributed by atoms with Crippen molar-refractivity contribution in [2.75, 3.05) is 28.6 Å². The molecule has 2 N–H and O–H groups in total. The van der Waals surface area contributed by atoms with E-state index in [0.717, 1.165) is 31.6 Å². The molecule has 7 heteroatoms. The zero-order valence-electron chi connectivity index (χ0n) is 12.3. The van der Waals surface area contributed by atoms with E-state index in [4.69, 9.17) is 0 Å². The van der Waals surface area contributed by atoms with Gasteiger partial charge in [0, 0.05) is 43.8 Å². The molecule has 0 atom stereocenters. The molecule has 2 heterocycles. The fourth-order valence-corrected chi connectivity index (χ4v) is 2.56. The van der Waals surface area contributed by atoms with E-state index in [2.05, 4.69) is 20.6 Å². The van der Waals surface area contributed by atoms with Gasteiger partial charge in [0.1, 0.15) is 5.82 Å². The molecule has 3 rings (SSSR count). The summed E-state index contributed by atoms with van der Waals surface area (Å²) in [6.45, 7) is 1.84. The molecule has 1 aromatic heterocycles. The summed E-state index contributed by atoms with van der Waals surface area (Å²) in [5.41, 5.74) is 1.22. The first-order valence-corrected chi connectivity index (χ1v) is 7.23. The number of aromatic nitrogens is 2. The largest absolute Gasteiger partial charge is 0.371 e. The van der Waals surface area contributed by atoms with E-state index in [1.165, 1.54) is 12.1 Å². The summed E-state index contributed by atoms with van der Waals surface area (Å²) in [6, 6.07) is 5.81. The van der Waals surface area contributed by atoms with Gasteiger partial charge in [0.2, 0.25) is 0 Å². The van der Waals surface area contributed by atoms with Crippen molar-refractivity contribution in [1.29, 1.82) is 0 Å². The number of carbonyl (C=O) groups is 1. The van der Waals surface area contributed by atoms with E-state index in [1.807, 2.05) is 0 Å². The van der Waals surface area contributed by atoms with Crippen LogP contribution in [0.4, 0.5) is 26.4 Å². The second kappa shape index (κ2) is 6.05. The Labute approximate surface area is 127 Å². The second-order valence-corrected chi connectivity index (χ2v) is 5.35. The SMILES string of the molecule is Cn1ccc(NC(=O)Nc2cc(F)cc(N3CCCC3)c2)n1. The Morgan fingerprint density at radius 3 is 2.68 bits per heavy atom. The molecule has 0 spiro atoms. The number of urea groups is 1. The highest BCUT2D eigenvalue weighted by molar-refractivity contribution is 5.99. The van der Waals surface area contributed by atoms with Gasteiger partial charge in [-0.3, -0.25) is 10.00 Å². The minimum absolute atomic E-state index is 0.363. The van der Waals surface area contributed by atoms with Crippen molar-refractivity contribution in [2.24, 2.45) is 7.05 Å². The van der Waals surface area contributed by atoms with Crippen LogP contribution >= 0.6 is 0 Å². The summed E-state index contributed by atoms with van der Waals surface area (Å²) < 4.78 is 15.3. The van der Waals surface area contributed by atoms with Gasteiger partial charge in [-0.25, -0.2) is 9.18 Å². The van der Waals surface area contributed by atoms with Gasteiger partial charge in [0.15, 0.2) is 5.82 Å². The Hall–Kier alpha value is -2.57. The molecule has 22 heavy (non-hydrogen) atoms. The van der Waals surface area contributed by atoms with Crippen LogP contribution in [0.1, 0.15) is 12.8 Å². The second-order valence-electron chi connectivity index (χ2n) is 5.35. The fraction of sp³-hybridized carbons (Fsp3) is 0.333. The first-order valence-electron chi connectivity index (χ1n) is 7.23. The molecule has 1 aliphatic heterocycles. The van der Waals surface area contributed by atoms with Gasteiger partial charge < -0.3 is 10.2 Å². The van der Waals surface area contributed by atoms with Crippen LogP contribution in [0.25, 0.3) is 0 Å². The van der Waals surface area contributed by atoms with E-state index in [9.17, 15) is 9.18 Å². The van der Waals surface area contributed by atoms with Crippen LogP contribution < -0.4 is 15.5 Å². The van der Waals surface area contributed by atoms with Gasteiger partial charge in [0.05, 0.1) is 0 Å². The highest BCUT2D eigenvalue weighted by Crippen LogP contribution is 2.25. The highest BCUT2D eigenvalue weighted by atomic mass is 19.1. The van der Waals surface area contributed by atoms with Crippen LogP contribution in [-0.2, 0) is 7.05 Å². The molecule has 1 fully saturated rings. The topological polar surface area (TPSA) is 62.2 Å². The minimum atomic E-state index is -0.448. The summed E-state index contributed by atoms with van der Waals surface area (Å²) in [5, 5.41) is 9.29. The Bertz CT molecular complexity index is 678. The van der Waals surface area contributed by atoms with Gasteiger partial charge in [-0.1, -0.05) is 0 Å². The minimum Gasteiger partial charge on any atom is -0.371 e. The van der Waals surface area contributed by atoms with Crippen LogP contribution in [0.3, 0.4) is 0 Å². The summed E-state index contributed by atoms with van der Waals surface area (Å²) in [6.07, 6.45) is 3.95. The van der Waals surface area contributed by atoms with Crippen LogP contribution in [0, 0.1) is 5.82 Å². The summed E-state index contributed by atoms with van der Waals surface area (Å²) >= 11 is 0. The van der Waals surface area contributed by atoms with Crippen molar-refractivity contribution in [2.45, 2.75) is 12.8 Å². The lowest BCUT2D eigenvalue weighted by molar-refractivity contribution is 0.262. The molecule has 116 valence electrons. The first kappa shape index (κ1) is 14.4. The first-order chi connectivity index (χ1) is 10.6. The third kappa shape index (κ3) is 3.36. The van der Waals surface area contributed by atoms with Gasteiger partial charge in [-0.15, -0.1) is 0 Å². The third-order valence-electron chi connectivity index (χ3n) is 3.57. The molecule has 0 unspecified atom stereocenters. The van der Waals surface area contributed by atoms with Crippen molar-refractivity contribution in [3.63, 3.8) is 0 Å². The molecular formula is C15H18FN5O. The number of nitrogens with zero attached hydrogens (tertiary/aromatic N) is 3. The maximum absolute atomic E-state index is 13.7. The smallest absolute Gasteiger partial charge is 0.324 e. The van der Waals surface area contributed by atoms with Crippen LogP contribution in [0.15, 0.2) is 30.5 Å². The number of amides is 2. The normalized spacial score (nSPS) is 14.2. The van der Waals surface area contributed by atoms with Gasteiger partial charge >= 0.3 is 6.03 Å². The molecule has 2 amide bonds. The lowest BCUT2D eigenvalue weighted by Crippen LogP contribution is -2.21. The molecule has 0 aliphatic carbocycles. The van der Waals surface area contributed by atoms with Crippen molar-refractivity contribution in [1.82, 2.24) is 9.78 Å². The Morgan fingerprint density at radius 1 is 1.23 bits per heavy atom. The highest BCUT2D eigenvalue weighted by Gasteiger charge is 2.14. The summed E-state index contributed by atoms with van der Waals surface area (Å²) in [4.78, 5) is 14.0. The number of halogens is 1. The molecule has 6 nitrogen and oxygen atoms in total. The van der Waals surface area contributed by atoms with Gasteiger partial charge in [-0.05, 0) is 31.0 Å². The average molecular weight is 303 g/mol. The zero-order chi connectivity index (χ0) is 15.5. The number of rotatable bonds is 3. The lowest BCUT2D eigenvalue weighted by atomic mass is 10.2. The van der Waals surface area contributed by atoms with Crippen molar-refractivity contribution >= 4 is 23.2 Å². The monoisotopic (exact) mass is 303 g/mol. The molecule has 1 saturated heterocycles. The molecule has 0 saturated carbocycles. The average Bonchev–Trinajstić information content (AvgIpc) is 3.09. The molecule has 0 radical (unpaired) electrons. The third-order valence-corrected chi connectivity index (χ3v) is 3.57. The van der Waals surface area contributed by atoms with E-state index in [0.29, 0.717) is 11.5 Å². The molecule has 1 aromatic carbocycles. The van der Waals surface area contributed by atoms with Crippen LogP contribution in [0.5, 0.6) is 0 Å². The predicted octanol–water partition coefficient (Wildman–Crippen LogP) is 2.80. The number of nitrogens with one attached hydrogen (secondary N) is 2. The fourth-order valence-electron chi connectivity index (χ4n) is 2.56. The Kier molecular flexibility index (Phi) is 3.95.